The van der Waals surface area contributed by atoms with Crippen LogP contribution in [0.3, 0.4) is 0 Å². The lowest BCUT2D eigenvalue weighted by molar-refractivity contribution is 0.183. The molecule has 27 heavy (non-hydrogen) atoms. The molecule has 0 aromatic rings. The minimum atomic E-state index is 0.0767. The van der Waals surface area contributed by atoms with Gasteiger partial charge in [-0.1, -0.05) is 0 Å². The number of nitrogens with one attached hydrogen (secondary N) is 1. The molecule has 0 aromatic carbocycles. The molecule has 1 fully saturated rings. The second-order valence-electron chi connectivity index (χ2n) is 6.45. The van der Waals surface area contributed by atoms with Crippen molar-refractivity contribution in [2.24, 2.45) is 11.5 Å². The van der Waals surface area contributed by atoms with Crippen LogP contribution < -0.4 is 16.8 Å². The van der Waals surface area contributed by atoms with Crippen LogP contribution >= 0.6 is 0 Å². The van der Waals surface area contributed by atoms with E-state index in [0.717, 1.165) is 32.7 Å². The summed E-state index contributed by atoms with van der Waals surface area (Å²) in [6.45, 7) is 8.90. The largest absolute Gasteiger partial charge is 0.329 e. The Morgan fingerprint density at radius 2 is 1.48 bits per heavy atom. The first-order valence-corrected chi connectivity index (χ1v) is 9.49. The third-order valence-corrected chi connectivity index (χ3v) is 4.51. The molecule has 10 nitrogen and oxygen atoms in total. The summed E-state index contributed by atoms with van der Waals surface area (Å²) in [5, 5.41) is 20.7. The van der Waals surface area contributed by atoms with Crippen molar-refractivity contribution < 1.29 is 4.79 Å². The van der Waals surface area contributed by atoms with Crippen LogP contribution in [-0.4, -0.2) is 117 Å². The van der Waals surface area contributed by atoms with E-state index in [-0.39, 0.29) is 19.1 Å². The van der Waals surface area contributed by atoms with Crippen molar-refractivity contribution in [1.29, 1.82) is 10.5 Å². The summed E-state index contributed by atoms with van der Waals surface area (Å²) in [5.41, 5.74) is 11.2. The second kappa shape index (κ2) is 14.2. The van der Waals surface area contributed by atoms with Crippen molar-refractivity contribution in [1.82, 2.24) is 24.9 Å². The first-order chi connectivity index (χ1) is 13.2. The highest BCUT2D eigenvalue weighted by Crippen LogP contribution is 2.07. The van der Waals surface area contributed by atoms with Crippen LogP contribution in [0.4, 0.5) is 4.79 Å². The zero-order valence-electron chi connectivity index (χ0n) is 16.1. The number of carbonyl (C=O) groups excluding carboxylic acids is 1. The quantitative estimate of drug-likeness (QED) is 0.217. The lowest BCUT2D eigenvalue weighted by Crippen LogP contribution is -2.42. The molecule has 2 amide bonds. The van der Waals surface area contributed by atoms with Gasteiger partial charge in [0.15, 0.2) is 0 Å². The standard InChI is InChI=1S/C17H33N9O/c18-1-7-23(8-2-19)11-5-22-6-12-25-15-16-26(17(25)27)14-13-24(9-3-20)10-4-21/h22H,3-16,20-21H2. The normalized spacial score (nSPS) is 14.2. The Morgan fingerprint density at radius 3 is 2.04 bits per heavy atom. The van der Waals surface area contributed by atoms with E-state index in [0.29, 0.717) is 45.8 Å². The molecule has 152 valence electrons. The highest BCUT2D eigenvalue weighted by molar-refractivity contribution is 5.76. The lowest BCUT2D eigenvalue weighted by atomic mass is 10.4. The van der Waals surface area contributed by atoms with E-state index in [9.17, 15) is 4.79 Å². The summed E-state index contributed by atoms with van der Waals surface area (Å²) in [7, 11) is 0. The average Bonchev–Trinajstić information content (AvgIpc) is 3.00. The van der Waals surface area contributed by atoms with Crippen LogP contribution in [0.25, 0.3) is 0 Å². The molecule has 0 atom stereocenters. The van der Waals surface area contributed by atoms with Crippen molar-refractivity contribution >= 4 is 6.03 Å². The summed E-state index contributed by atoms with van der Waals surface area (Å²) in [4.78, 5) is 20.1. The maximum absolute atomic E-state index is 12.5. The van der Waals surface area contributed by atoms with E-state index in [1.165, 1.54) is 0 Å². The van der Waals surface area contributed by atoms with Gasteiger partial charge in [0.1, 0.15) is 0 Å². The summed E-state index contributed by atoms with van der Waals surface area (Å²) in [5.74, 6) is 0. The van der Waals surface area contributed by atoms with Crippen LogP contribution in [0.15, 0.2) is 0 Å². The Morgan fingerprint density at radius 1 is 0.889 bits per heavy atom. The van der Waals surface area contributed by atoms with Gasteiger partial charge in [0, 0.05) is 78.5 Å². The van der Waals surface area contributed by atoms with Crippen LogP contribution in [-0.2, 0) is 0 Å². The van der Waals surface area contributed by atoms with Gasteiger partial charge in [-0.15, -0.1) is 0 Å². The van der Waals surface area contributed by atoms with E-state index in [2.05, 4.69) is 22.4 Å². The molecule has 1 aliphatic heterocycles. The second-order valence-corrected chi connectivity index (χ2v) is 6.45. The topological polar surface area (TPSA) is 142 Å². The first-order valence-electron chi connectivity index (χ1n) is 9.49. The number of carbonyl (C=O) groups is 1. The zero-order chi connectivity index (χ0) is 19.9. The molecule has 0 aliphatic carbocycles. The van der Waals surface area contributed by atoms with Gasteiger partial charge in [-0.25, -0.2) is 4.79 Å². The molecule has 0 saturated carbocycles. The molecule has 5 N–H and O–H groups in total. The molecule has 1 heterocycles. The number of nitrogens with two attached hydrogens (primary N) is 2. The van der Waals surface area contributed by atoms with Crippen LogP contribution in [0.2, 0.25) is 0 Å². The van der Waals surface area contributed by atoms with Crippen LogP contribution in [0.1, 0.15) is 0 Å². The van der Waals surface area contributed by atoms with Gasteiger partial charge in [-0.05, 0) is 0 Å². The van der Waals surface area contributed by atoms with Crippen molar-refractivity contribution in [3.05, 3.63) is 0 Å². The monoisotopic (exact) mass is 379 g/mol. The van der Waals surface area contributed by atoms with Crippen molar-refractivity contribution in [2.75, 3.05) is 91.6 Å². The summed E-state index contributed by atoms with van der Waals surface area (Å²) >= 11 is 0. The van der Waals surface area contributed by atoms with E-state index < -0.39 is 0 Å². The highest BCUT2D eigenvalue weighted by atomic mass is 16.2. The first kappa shape index (κ1) is 23.1. The minimum absolute atomic E-state index is 0.0767. The van der Waals surface area contributed by atoms with Crippen molar-refractivity contribution in [3.63, 3.8) is 0 Å². The number of hydrogen-bond acceptors (Lipinski definition) is 8. The molecular formula is C17H33N9O. The van der Waals surface area contributed by atoms with E-state index in [4.69, 9.17) is 22.0 Å². The van der Waals surface area contributed by atoms with Gasteiger partial charge in [0.05, 0.1) is 25.2 Å². The van der Waals surface area contributed by atoms with Gasteiger partial charge in [-0.2, -0.15) is 10.5 Å². The molecule has 1 aliphatic rings. The molecule has 0 aromatic heterocycles. The van der Waals surface area contributed by atoms with Crippen molar-refractivity contribution in [3.8, 4) is 12.1 Å². The molecule has 0 radical (unpaired) electrons. The summed E-state index contributed by atoms with van der Waals surface area (Å²) in [6.07, 6.45) is 0. The smallest absolute Gasteiger partial charge is 0.320 e. The van der Waals surface area contributed by atoms with Gasteiger partial charge in [-0.3, -0.25) is 9.80 Å². The Hall–Kier alpha value is -1.95. The average molecular weight is 380 g/mol. The van der Waals surface area contributed by atoms with Gasteiger partial charge in [0.25, 0.3) is 0 Å². The maximum atomic E-state index is 12.5. The third-order valence-electron chi connectivity index (χ3n) is 4.51. The predicted octanol–water partition coefficient (Wildman–Crippen LogP) is -2.12. The summed E-state index contributed by atoms with van der Waals surface area (Å²) in [6, 6.07) is 4.19. The molecule has 0 spiro atoms. The van der Waals surface area contributed by atoms with E-state index >= 15 is 0 Å². The molecule has 0 unspecified atom stereocenters. The molecule has 1 saturated heterocycles. The number of amides is 2. The highest BCUT2D eigenvalue weighted by Gasteiger charge is 2.27. The fourth-order valence-corrected chi connectivity index (χ4v) is 3.00. The lowest BCUT2D eigenvalue weighted by Gasteiger charge is -2.24. The third kappa shape index (κ3) is 9.00. The minimum Gasteiger partial charge on any atom is -0.329 e. The molecule has 10 heteroatoms. The van der Waals surface area contributed by atoms with Crippen LogP contribution in [0.5, 0.6) is 0 Å². The van der Waals surface area contributed by atoms with Crippen LogP contribution in [0, 0.1) is 22.7 Å². The molecule has 0 bridgehead atoms. The zero-order valence-corrected chi connectivity index (χ0v) is 16.1. The number of hydrogen-bond donors (Lipinski definition) is 3. The summed E-state index contributed by atoms with van der Waals surface area (Å²) < 4.78 is 0. The Balaban J connectivity index is 2.22. The number of nitrogens with zero attached hydrogens (tertiary/aromatic N) is 6. The fourth-order valence-electron chi connectivity index (χ4n) is 3.00. The molecule has 1 rings (SSSR count). The SMILES string of the molecule is N#CCN(CC#N)CCNCCN1CCN(CCN(CCN)CCN)C1=O. The maximum Gasteiger partial charge on any atom is 0.320 e. The van der Waals surface area contributed by atoms with E-state index in [1.54, 1.807) is 4.90 Å². The Kier molecular flexibility index (Phi) is 12.1. The molecular weight excluding hydrogens is 346 g/mol. The number of nitriles is 2. The Labute approximate surface area is 162 Å². The van der Waals surface area contributed by atoms with Gasteiger partial charge in [0.2, 0.25) is 0 Å². The number of rotatable bonds is 15. The van der Waals surface area contributed by atoms with Gasteiger partial charge >= 0.3 is 6.03 Å². The predicted molar refractivity (Wildman–Crippen MR) is 104 cm³/mol. The Bertz CT molecular complexity index is 480. The van der Waals surface area contributed by atoms with Crippen molar-refractivity contribution in [2.45, 2.75) is 0 Å². The fraction of sp³-hybridized carbons (Fsp3) is 0.824. The van der Waals surface area contributed by atoms with Gasteiger partial charge < -0.3 is 26.6 Å². The van der Waals surface area contributed by atoms with E-state index in [1.807, 2.05) is 9.80 Å². The number of urea groups is 1.